The normalized spacial score (nSPS) is 18.6. The highest BCUT2D eigenvalue weighted by atomic mass is 16.5. The maximum atomic E-state index is 12.6. The smallest absolute Gasteiger partial charge is 0.317 e. The first-order valence-corrected chi connectivity index (χ1v) is 8.87. The van der Waals surface area contributed by atoms with Gasteiger partial charge in [0.25, 0.3) is 0 Å². The van der Waals surface area contributed by atoms with E-state index in [1.807, 2.05) is 17.0 Å². The molecule has 4 nitrogen and oxygen atoms in total. The molecule has 0 bridgehead atoms. The van der Waals surface area contributed by atoms with Crippen molar-refractivity contribution in [3.05, 3.63) is 29.8 Å². The van der Waals surface area contributed by atoms with E-state index in [0.29, 0.717) is 5.92 Å². The summed E-state index contributed by atoms with van der Waals surface area (Å²) in [6.45, 7) is 5.91. The molecule has 1 aromatic carbocycles. The third-order valence-electron chi connectivity index (χ3n) is 4.86. The van der Waals surface area contributed by atoms with Crippen LogP contribution < -0.4 is 10.1 Å². The van der Waals surface area contributed by atoms with E-state index in [2.05, 4.69) is 31.3 Å². The van der Waals surface area contributed by atoms with Crippen molar-refractivity contribution in [2.24, 2.45) is 0 Å². The summed E-state index contributed by atoms with van der Waals surface area (Å²) < 4.78 is 5.23. The molecule has 2 amide bonds. The number of ether oxygens (including phenoxy) is 1. The molecule has 1 aliphatic heterocycles. The van der Waals surface area contributed by atoms with Gasteiger partial charge in [-0.2, -0.15) is 0 Å². The van der Waals surface area contributed by atoms with Crippen LogP contribution in [0, 0.1) is 0 Å². The minimum absolute atomic E-state index is 0.0964. The number of benzene rings is 1. The number of rotatable bonds is 5. The number of hydrogen-bond donors (Lipinski definition) is 1. The van der Waals surface area contributed by atoms with Crippen LogP contribution in [0.4, 0.5) is 4.79 Å². The highest BCUT2D eigenvalue weighted by molar-refractivity contribution is 5.74. The number of nitrogens with zero attached hydrogens (tertiary/aromatic N) is 1. The zero-order valence-electron chi connectivity index (χ0n) is 14.7. The number of hydrogen-bond acceptors (Lipinski definition) is 2. The highest BCUT2D eigenvalue weighted by Crippen LogP contribution is 2.28. The quantitative estimate of drug-likeness (QED) is 0.885. The third-order valence-corrected chi connectivity index (χ3v) is 4.86. The van der Waals surface area contributed by atoms with Crippen LogP contribution in [-0.2, 0) is 0 Å². The summed E-state index contributed by atoms with van der Waals surface area (Å²) in [4.78, 5) is 14.6. The van der Waals surface area contributed by atoms with Gasteiger partial charge in [-0.1, -0.05) is 32.4 Å². The first kappa shape index (κ1) is 17.6. The van der Waals surface area contributed by atoms with Crippen molar-refractivity contribution >= 4 is 6.03 Å². The van der Waals surface area contributed by atoms with Gasteiger partial charge in [-0.25, -0.2) is 4.79 Å². The van der Waals surface area contributed by atoms with E-state index >= 15 is 0 Å². The summed E-state index contributed by atoms with van der Waals surface area (Å²) in [6.07, 6.45) is 5.37. The van der Waals surface area contributed by atoms with Crippen molar-refractivity contribution in [1.29, 1.82) is 0 Å². The molecule has 1 heterocycles. The standard InChI is InChI=1S/C19H30N2O2/c1-4-17(5-2)20-19(22)21-13-7-6-8-16(14-21)15-9-11-18(23-3)12-10-15/h9-12,16-17H,4-8,13-14H2,1-3H3,(H,20,22). The molecular weight excluding hydrogens is 288 g/mol. The lowest BCUT2D eigenvalue weighted by atomic mass is 9.94. The minimum Gasteiger partial charge on any atom is -0.497 e. The predicted molar refractivity (Wildman–Crippen MR) is 94.1 cm³/mol. The fourth-order valence-electron chi connectivity index (χ4n) is 3.23. The summed E-state index contributed by atoms with van der Waals surface area (Å²) in [5, 5.41) is 3.17. The van der Waals surface area contributed by atoms with E-state index in [9.17, 15) is 4.79 Å². The number of carbonyl (C=O) groups is 1. The van der Waals surface area contributed by atoms with Crippen LogP contribution in [0.1, 0.15) is 57.4 Å². The summed E-state index contributed by atoms with van der Waals surface area (Å²) in [5.74, 6) is 1.29. The van der Waals surface area contributed by atoms with Gasteiger partial charge in [0.1, 0.15) is 5.75 Å². The number of methoxy groups -OCH3 is 1. The molecule has 1 aromatic rings. The molecule has 0 spiro atoms. The Balaban J connectivity index is 2.03. The Morgan fingerprint density at radius 3 is 2.57 bits per heavy atom. The Morgan fingerprint density at radius 2 is 1.96 bits per heavy atom. The van der Waals surface area contributed by atoms with Crippen molar-refractivity contribution in [2.75, 3.05) is 20.2 Å². The SMILES string of the molecule is CCC(CC)NC(=O)N1CCCCC(c2ccc(OC)cc2)C1. The molecule has 1 fully saturated rings. The van der Waals surface area contributed by atoms with Gasteiger partial charge in [0.2, 0.25) is 0 Å². The van der Waals surface area contributed by atoms with E-state index in [4.69, 9.17) is 4.74 Å². The fraction of sp³-hybridized carbons (Fsp3) is 0.632. The molecule has 1 aliphatic rings. The lowest BCUT2D eigenvalue weighted by Crippen LogP contribution is -2.45. The Kier molecular flexibility index (Phi) is 6.75. The van der Waals surface area contributed by atoms with Gasteiger partial charge in [-0.15, -0.1) is 0 Å². The summed E-state index contributed by atoms with van der Waals surface area (Å²) in [7, 11) is 1.69. The molecule has 4 heteroatoms. The molecule has 1 unspecified atom stereocenters. The van der Waals surface area contributed by atoms with Crippen LogP contribution in [0.25, 0.3) is 0 Å². The number of carbonyl (C=O) groups excluding carboxylic acids is 1. The number of nitrogens with one attached hydrogen (secondary N) is 1. The van der Waals surface area contributed by atoms with Gasteiger partial charge in [0.15, 0.2) is 0 Å². The second kappa shape index (κ2) is 8.80. The molecule has 128 valence electrons. The maximum absolute atomic E-state index is 12.6. The van der Waals surface area contributed by atoms with Crippen molar-refractivity contribution < 1.29 is 9.53 Å². The number of likely N-dealkylation sites (tertiary alicyclic amines) is 1. The summed E-state index contributed by atoms with van der Waals surface area (Å²) in [6, 6.07) is 8.66. The van der Waals surface area contributed by atoms with Gasteiger partial charge in [0, 0.05) is 25.0 Å². The lowest BCUT2D eigenvalue weighted by Gasteiger charge is -2.27. The topological polar surface area (TPSA) is 41.6 Å². The van der Waals surface area contributed by atoms with Crippen LogP contribution in [0.15, 0.2) is 24.3 Å². The first-order chi connectivity index (χ1) is 11.2. The number of urea groups is 1. The highest BCUT2D eigenvalue weighted by Gasteiger charge is 2.24. The van der Waals surface area contributed by atoms with Crippen LogP contribution in [0.2, 0.25) is 0 Å². The van der Waals surface area contributed by atoms with E-state index < -0.39 is 0 Å². The minimum atomic E-state index is 0.0964. The molecule has 1 atom stereocenters. The molecule has 0 aliphatic carbocycles. The second-order valence-corrected chi connectivity index (χ2v) is 6.37. The van der Waals surface area contributed by atoms with Crippen LogP contribution in [0.5, 0.6) is 5.75 Å². The van der Waals surface area contributed by atoms with Gasteiger partial charge in [-0.3, -0.25) is 0 Å². The van der Waals surface area contributed by atoms with E-state index in [0.717, 1.165) is 44.5 Å². The largest absolute Gasteiger partial charge is 0.497 e. The van der Waals surface area contributed by atoms with Gasteiger partial charge >= 0.3 is 6.03 Å². The second-order valence-electron chi connectivity index (χ2n) is 6.37. The molecular formula is C19H30N2O2. The zero-order chi connectivity index (χ0) is 16.7. The summed E-state index contributed by atoms with van der Waals surface area (Å²) in [5.41, 5.74) is 1.30. The molecule has 0 radical (unpaired) electrons. The average Bonchev–Trinajstić information content (AvgIpc) is 2.86. The van der Waals surface area contributed by atoms with E-state index in [1.165, 1.54) is 12.0 Å². The maximum Gasteiger partial charge on any atom is 0.317 e. The van der Waals surface area contributed by atoms with Crippen LogP contribution in [-0.4, -0.2) is 37.2 Å². The molecule has 0 saturated carbocycles. The molecule has 23 heavy (non-hydrogen) atoms. The molecule has 1 saturated heterocycles. The number of amides is 2. The fourth-order valence-corrected chi connectivity index (χ4v) is 3.23. The summed E-state index contributed by atoms with van der Waals surface area (Å²) >= 11 is 0. The van der Waals surface area contributed by atoms with E-state index in [-0.39, 0.29) is 12.1 Å². The van der Waals surface area contributed by atoms with Crippen molar-refractivity contribution in [3.63, 3.8) is 0 Å². The van der Waals surface area contributed by atoms with Crippen molar-refractivity contribution in [1.82, 2.24) is 10.2 Å². The van der Waals surface area contributed by atoms with Crippen LogP contribution in [0.3, 0.4) is 0 Å². The molecule has 0 aromatic heterocycles. The van der Waals surface area contributed by atoms with Gasteiger partial charge < -0.3 is 15.0 Å². The van der Waals surface area contributed by atoms with Crippen molar-refractivity contribution in [2.45, 2.75) is 57.9 Å². The predicted octanol–water partition coefficient (Wildman–Crippen LogP) is 4.16. The van der Waals surface area contributed by atoms with Gasteiger partial charge in [-0.05, 0) is 43.4 Å². The van der Waals surface area contributed by atoms with Crippen molar-refractivity contribution in [3.8, 4) is 5.75 Å². The van der Waals surface area contributed by atoms with Gasteiger partial charge in [0.05, 0.1) is 7.11 Å². The molecule has 2 rings (SSSR count). The Bertz CT molecular complexity index is 483. The van der Waals surface area contributed by atoms with E-state index in [1.54, 1.807) is 7.11 Å². The zero-order valence-corrected chi connectivity index (χ0v) is 14.7. The third kappa shape index (κ3) is 4.88. The first-order valence-electron chi connectivity index (χ1n) is 8.87. The molecule has 1 N–H and O–H groups in total. The Morgan fingerprint density at radius 1 is 1.26 bits per heavy atom. The average molecular weight is 318 g/mol. The Hall–Kier alpha value is -1.71. The Labute approximate surface area is 140 Å². The lowest BCUT2D eigenvalue weighted by molar-refractivity contribution is 0.192. The monoisotopic (exact) mass is 318 g/mol. The van der Waals surface area contributed by atoms with Crippen LogP contribution >= 0.6 is 0 Å².